The van der Waals surface area contributed by atoms with Gasteiger partial charge in [0.1, 0.15) is 5.70 Å². The van der Waals surface area contributed by atoms with Crippen molar-refractivity contribution in [2.45, 2.75) is 25.9 Å². The highest BCUT2D eigenvalue weighted by atomic mass is 35.5. The van der Waals surface area contributed by atoms with Crippen molar-refractivity contribution in [2.75, 3.05) is 27.2 Å². The van der Waals surface area contributed by atoms with Crippen LogP contribution in [0, 0.1) is 0 Å². The number of allylic oxidation sites excluding steroid dienone is 2. The first-order chi connectivity index (χ1) is 12.7. The second-order valence-electron chi connectivity index (χ2n) is 6.47. The minimum Gasteiger partial charge on any atom is -0.393 e. The van der Waals surface area contributed by atoms with Crippen molar-refractivity contribution in [3.63, 3.8) is 0 Å². The third-order valence-electron chi connectivity index (χ3n) is 4.28. The number of rotatable bonds is 4. The Kier molecular flexibility index (Phi) is 6.56. The molecule has 1 fully saturated rings. The number of carbonyl (C=O) groups is 3. The smallest absolute Gasteiger partial charge is 0.296 e. The molecule has 0 radical (unpaired) electrons. The van der Waals surface area contributed by atoms with Gasteiger partial charge in [-0.05, 0) is 25.8 Å². The number of nitrogens with zero attached hydrogens (tertiary/aromatic N) is 4. The molecule has 2 heterocycles. The molecule has 0 saturated carbocycles. The normalized spacial score (nSPS) is 18.9. The lowest BCUT2D eigenvalue weighted by Crippen LogP contribution is -2.45. The maximum absolute atomic E-state index is 12.8. The fourth-order valence-electron chi connectivity index (χ4n) is 2.72. The highest BCUT2D eigenvalue weighted by Gasteiger charge is 2.33. The molecule has 2 rings (SSSR count). The van der Waals surface area contributed by atoms with Crippen LogP contribution in [0.25, 0.3) is 0 Å². The number of hydrazone groups is 1. The van der Waals surface area contributed by atoms with Crippen LogP contribution in [0.4, 0.5) is 0 Å². The molecular formula is C18H23ClN4O4. The molecule has 0 bridgehead atoms. The monoisotopic (exact) mass is 394 g/mol. The molecule has 1 N–H and O–H groups in total. The zero-order valence-corrected chi connectivity index (χ0v) is 16.4. The summed E-state index contributed by atoms with van der Waals surface area (Å²) in [5.41, 5.74) is 0.210. The van der Waals surface area contributed by atoms with Crippen LogP contribution in [-0.2, 0) is 14.4 Å². The number of hydrogen-bond donors (Lipinski definition) is 1. The highest BCUT2D eigenvalue weighted by molar-refractivity contribution is 6.59. The number of halogens is 1. The molecule has 2 amide bonds. The average Bonchev–Trinajstić information content (AvgIpc) is 2.63. The zero-order chi connectivity index (χ0) is 20.3. The van der Waals surface area contributed by atoms with Gasteiger partial charge in [-0.3, -0.25) is 14.4 Å². The summed E-state index contributed by atoms with van der Waals surface area (Å²) in [5, 5.41) is 15.1. The van der Waals surface area contributed by atoms with E-state index in [2.05, 4.69) is 11.7 Å². The molecule has 0 spiro atoms. The van der Waals surface area contributed by atoms with E-state index >= 15 is 0 Å². The first-order valence-corrected chi connectivity index (χ1v) is 8.90. The summed E-state index contributed by atoms with van der Waals surface area (Å²) in [6.07, 6.45) is 3.40. The topological polar surface area (TPSA) is 93.5 Å². The Labute approximate surface area is 163 Å². The van der Waals surface area contributed by atoms with Crippen molar-refractivity contribution in [1.29, 1.82) is 0 Å². The Balaban J connectivity index is 2.32. The number of likely N-dealkylation sites (tertiary alicyclic amines) is 1. The fraction of sp³-hybridized carbons (Fsp3) is 0.444. The summed E-state index contributed by atoms with van der Waals surface area (Å²) in [7, 11) is 2.94. The summed E-state index contributed by atoms with van der Waals surface area (Å²) in [6, 6.07) is 0. The number of amides is 2. The van der Waals surface area contributed by atoms with Gasteiger partial charge in [-0.25, -0.2) is 5.01 Å². The first kappa shape index (κ1) is 20.9. The van der Waals surface area contributed by atoms with Gasteiger partial charge < -0.3 is 14.9 Å². The van der Waals surface area contributed by atoms with Crippen LogP contribution in [-0.4, -0.2) is 76.5 Å². The van der Waals surface area contributed by atoms with Gasteiger partial charge in [-0.2, -0.15) is 5.10 Å². The molecule has 0 aromatic rings. The largest absolute Gasteiger partial charge is 0.393 e. The molecule has 8 nitrogen and oxygen atoms in total. The first-order valence-electron chi connectivity index (χ1n) is 8.52. The lowest BCUT2D eigenvalue weighted by molar-refractivity contribution is -0.141. The average molecular weight is 395 g/mol. The molecule has 27 heavy (non-hydrogen) atoms. The van der Waals surface area contributed by atoms with Gasteiger partial charge in [-0.1, -0.05) is 24.3 Å². The van der Waals surface area contributed by atoms with Crippen LogP contribution >= 0.6 is 11.6 Å². The molecule has 9 heteroatoms. The van der Waals surface area contributed by atoms with Crippen LogP contribution in [0.2, 0.25) is 0 Å². The lowest BCUT2D eigenvalue weighted by atomic mass is 10.1. The fourth-order valence-corrected chi connectivity index (χ4v) is 2.97. The van der Waals surface area contributed by atoms with Crippen molar-refractivity contribution < 1.29 is 19.5 Å². The van der Waals surface area contributed by atoms with E-state index in [1.807, 2.05) is 0 Å². The lowest BCUT2D eigenvalue weighted by Gasteiger charge is -2.32. The van der Waals surface area contributed by atoms with E-state index in [-0.39, 0.29) is 22.1 Å². The van der Waals surface area contributed by atoms with Crippen LogP contribution in [0.1, 0.15) is 19.8 Å². The van der Waals surface area contributed by atoms with E-state index in [1.165, 1.54) is 26.2 Å². The van der Waals surface area contributed by atoms with E-state index in [1.54, 1.807) is 11.8 Å². The van der Waals surface area contributed by atoms with Gasteiger partial charge in [0.2, 0.25) is 0 Å². The Morgan fingerprint density at radius 2 is 1.93 bits per heavy atom. The quantitative estimate of drug-likeness (QED) is 0.563. The number of Topliss-reactive ketones (excluding diaryl/α,β-unsaturated/α-hetero) is 1. The summed E-state index contributed by atoms with van der Waals surface area (Å²) >= 11 is 6.19. The van der Waals surface area contributed by atoms with Crippen molar-refractivity contribution >= 4 is 34.9 Å². The van der Waals surface area contributed by atoms with Gasteiger partial charge in [0.05, 0.1) is 16.8 Å². The molecular weight excluding hydrogens is 372 g/mol. The number of hydrogen-bond acceptors (Lipinski definition) is 6. The van der Waals surface area contributed by atoms with E-state index < -0.39 is 23.7 Å². The standard InChI is InChI=1S/C18H23ClN4O4/c1-5-14(16(25)18(27)21(3)4)23-11(2)10-13(19)15(20-23)17(26)22-8-6-12(24)7-9-22/h5,10,12,24H,2,6-9H2,1,3-4H3/b14-5-. The van der Waals surface area contributed by atoms with Crippen LogP contribution in [0.15, 0.2) is 40.3 Å². The van der Waals surface area contributed by atoms with E-state index in [0.717, 1.165) is 9.91 Å². The van der Waals surface area contributed by atoms with Crippen molar-refractivity contribution in [2.24, 2.45) is 5.10 Å². The van der Waals surface area contributed by atoms with Gasteiger partial charge in [0.15, 0.2) is 5.71 Å². The number of aliphatic hydroxyl groups is 1. The minimum atomic E-state index is -0.772. The summed E-state index contributed by atoms with van der Waals surface area (Å²) in [4.78, 5) is 40.0. The molecule has 1 saturated heterocycles. The molecule has 0 aromatic carbocycles. The molecule has 2 aliphatic heterocycles. The summed E-state index contributed by atoms with van der Waals surface area (Å²) in [5.74, 6) is -1.89. The Morgan fingerprint density at radius 3 is 2.44 bits per heavy atom. The maximum atomic E-state index is 12.8. The third kappa shape index (κ3) is 4.45. The molecule has 0 aliphatic carbocycles. The summed E-state index contributed by atoms with van der Waals surface area (Å²) in [6.45, 7) is 6.16. The van der Waals surface area contributed by atoms with Crippen molar-refractivity contribution in [1.82, 2.24) is 14.8 Å². The van der Waals surface area contributed by atoms with Gasteiger partial charge >= 0.3 is 0 Å². The number of ketones is 1. The zero-order valence-electron chi connectivity index (χ0n) is 15.6. The minimum absolute atomic E-state index is 0.0153. The Bertz CT molecular complexity index is 761. The van der Waals surface area contributed by atoms with E-state index in [0.29, 0.717) is 25.9 Å². The van der Waals surface area contributed by atoms with Crippen LogP contribution < -0.4 is 0 Å². The molecule has 2 aliphatic rings. The number of piperidine rings is 1. The molecule has 0 aromatic heterocycles. The number of likely N-dealkylation sites (N-methyl/N-ethyl adjacent to an activating group) is 1. The van der Waals surface area contributed by atoms with E-state index in [9.17, 15) is 19.5 Å². The summed E-state index contributed by atoms with van der Waals surface area (Å²) < 4.78 is 0. The Morgan fingerprint density at radius 1 is 1.33 bits per heavy atom. The Hall–Kier alpha value is -2.45. The van der Waals surface area contributed by atoms with Crippen molar-refractivity contribution in [3.8, 4) is 0 Å². The predicted molar refractivity (Wildman–Crippen MR) is 102 cm³/mol. The van der Waals surface area contributed by atoms with Gasteiger partial charge in [-0.15, -0.1) is 0 Å². The number of carbonyl (C=O) groups excluding carboxylic acids is 3. The number of aliphatic hydroxyl groups excluding tert-OH is 1. The SMILES string of the molecule is C=C1C=C(Cl)C(C(=O)N2CCC(O)CC2)=NN1/C(=C\C)C(=O)C(=O)N(C)C. The van der Waals surface area contributed by atoms with Crippen molar-refractivity contribution in [3.05, 3.63) is 35.2 Å². The second kappa shape index (κ2) is 8.49. The molecule has 0 unspecified atom stereocenters. The predicted octanol–water partition coefficient (Wildman–Crippen LogP) is 0.839. The maximum Gasteiger partial charge on any atom is 0.296 e. The molecule has 146 valence electrons. The van der Waals surface area contributed by atoms with Gasteiger partial charge in [0, 0.05) is 27.2 Å². The third-order valence-corrected chi connectivity index (χ3v) is 4.57. The second-order valence-corrected chi connectivity index (χ2v) is 6.88. The molecule has 0 atom stereocenters. The van der Waals surface area contributed by atoms with Crippen LogP contribution in [0.3, 0.4) is 0 Å². The van der Waals surface area contributed by atoms with E-state index in [4.69, 9.17) is 11.6 Å². The van der Waals surface area contributed by atoms with Gasteiger partial charge in [0.25, 0.3) is 17.6 Å². The highest BCUT2D eigenvalue weighted by Crippen LogP contribution is 2.25. The van der Waals surface area contributed by atoms with Crippen LogP contribution in [0.5, 0.6) is 0 Å².